The Morgan fingerprint density at radius 2 is 1.96 bits per heavy atom. The molecule has 4 amide bonds. The second-order valence-corrected chi connectivity index (χ2v) is 7.55. The van der Waals surface area contributed by atoms with Crippen LogP contribution >= 0.6 is 0 Å². The number of urea groups is 1. The highest BCUT2D eigenvalue weighted by Crippen LogP contribution is 2.35. The van der Waals surface area contributed by atoms with Crippen LogP contribution in [0.15, 0.2) is 0 Å². The smallest absolute Gasteiger partial charge is 0.326 e. The first-order valence-electron chi connectivity index (χ1n) is 9.52. The molecule has 3 fully saturated rings. The molecule has 26 heavy (non-hydrogen) atoms. The van der Waals surface area contributed by atoms with Crippen molar-refractivity contribution in [1.82, 2.24) is 15.1 Å². The van der Waals surface area contributed by atoms with E-state index >= 15 is 0 Å². The lowest BCUT2D eigenvalue weighted by Crippen LogP contribution is -2.44. The fourth-order valence-electron chi connectivity index (χ4n) is 3.75. The third kappa shape index (κ3) is 3.99. The van der Waals surface area contributed by atoms with E-state index in [-0.39, 0.29) is 18.4 Å². The molecule has 1 N–H and O–H groups in total. The maximum absolute atomic E-state index is 12.5. The van der Waals surface area contributed by atoms with E-state index in [9.17, 15) is 19.2 Å². The molecule has 144 valence electrons. The predicted octanol–water partition coefficient (Wildman–Crippen LogP) is 1.04. The molecule has 1 aliphatic heterocycles. The molecule has 0 radical (unpaired) electrons. The molecule has 0 atom stereocenters. The third-order valence-electron chi connectivity index (χ3n) is 5.37. The van der Waals surface area contributed by atoms with Crippen LogP contribution in [0.25, 0.3) is 0 Å². The Balaban J connectivity index is 1.48. The van der Waals surface area contributed by atoms with Gasteiger partial charge in [-0.2, -0.15) is 0 Å². The Hall–Kier alpha value is -2.12. The summed E-state index contributed by atoms with van der Waals surface area (Å²) >= 11 is 0. The van der Waals surface area contributed by atoms with Crippen molar-refractivity contribution < 1.29 is 23.9 Å². The molecular weight excluding hydrogens is 338 g/mol. The quantitative estimate of drug-likeness (QED) is 0.512. The molecule has 3 rings (SSSR count). The maximum atomic E-state index is 12.5. The lowest BCUT2D eigenvalue weighted by Gasteiger charge is -2.22. The molecule has 0 aromatic heterocycles. The number of imide groups is 1. The largest absolute Gasteiger partial charge is 0.454 e. The van der Waals surface area contributed by atoms with Crippen LogP contribution in [0.4, 0.5) is 4.79 Å². The monoisotopic (exact) mass is 365 g/mol. The Bertz CT molecular complexity index is 596. The molecule has 2 saturated carbocycles. The third-order valence-corrected chi connectivity index (χ3v) is 5.37. The zero-order valence-corrected chi connectivity index (χ0v) is 15.3. The van der Waals surface area contributed by atoms with Gasteiger partial charge in [-0.3, -0.25) is 19.3 Å². The Kier molecular flexibility index (Phi) is 5.48. The highest BCUT2D eigenvalue weighted by atomic mass is 16.5. The fraction of sp³-hybridized carbons (Fsp3) is 0.778. The summed E-state index contributed by atoms with van der Waals surface area (Å²) in [6.07, 6.45) is 6.10. The molecule has 0 unspecified atom stereocenters. The summed E-state index contributed by atoms with van der Waals surface area (Å²) in [7, 11) is 0. The maximum Gasteiger partial charge on any atom is 0.326 e. The van der Waals surface area contributed by atoms with Gasteiger partial charge in [-0.05, 0) is 38.0 Å². The molecular formula is C18H27N3O5. The fourth-order valence-corrected chi connectivity index (χ4v) is 3.75. The summed E-state index contributed by atoms with van der Waals surface area (Å²) in [4.78, 5) is 51.5. The summed E-state index contributed by atoms with van der Waals surface area (Å²) in [6.45, 7) is 2.55. The van der Waals surface area contributed by atoms with Crippen LogP contribution in [-0.4, -0.2) is 65.4 Å². The van der Waals surface area contributed by atoms with Gasteiger partial charge in [0.2, 0.25) is 0 Å². The van der Waals surface area contributed by atoms with Gasteiger partial charge in [0.15, 0.2) is 6.61 Å². The van der Waals surface area contributed by atoms with Crippen molar-refractivity contribution in [2.45, 2.75) is 57.4 Å². The van der Waals surface area contributed by atoms with E-state index in [0.29, 0.717) is 31.8 Å². The minimum Gasteiger partial charge on any atom is -0.454 e. The SMILES string of the molecule is CCCN(CC1CC1)C(=O)COC(=O)CN1C(=O)NC2(CCCC2)C1=O. The van der Waals surface area contributed by atoms with Gasteiger partial charge in [-0.1, -0.05) is 19.8 Å². The molecule has 1 saturated heterocycles. The van der Waals surface area contributed by atoms with Crippen molar-refractivity contribution in [3.8, 4) is 0 Å². The Morgan fingerprint density at radius 3 is 2.58 bits per heavy atom. The van der Waals surface area contributed by atoms with E-state index in [2.05, 4.69) is 5.32 Å². The van der Waals surface area contributed by atoms with Crippen molar-refractivity contribution in [3.05, 3.63) is 0 Å². The van der Waals surface area contributed by atoms with E-state index in [1.807, 2.05) is 6.92 Å². The standard InChI is InChI=1S/C18H27N3O5/c1-2-9-20(10-13-5-6-13)14(22)12-26-15(23)11-21-16(24)18(19-17(21)25)7-3-4-8-18/h13H,2-12H2,1H3,(H,19,25). The summed E-state index contributed by atoms with van der Waals surface area (Å²) in [5.41, 5.74) is -0.838. The van der Waals surface area contributed by atoms with Gasteiger partial charge in [0, 0.05) is 13.1 Å². The summed E-state index contributed by atoms with van der Waals surface area (Å²) in [5.74, 6) is -0.754. The van der Waals surface area contributed by atoms with Crippen LogP contribution in [0.2, 0.25) is 0 Å². The van der Waals surface area contributed by atoms with Crippen molar-refractivity contribution in [2.24, 2.45) is 5.92 Å². The van der Waals surface area contributed by atoms with Crippen LogP contribution in [0, 0.1) is 5.92 Å². The number of ether oxygens (including phenoxy) is 1. The van der Waals surface area contributed by atoms with Crippen molar-refractivity contribution in [2.75, 3.05) is 26.2 Å². The summed E-state index contributed by atoms with van der Waals surface area (Å²) in [5, 5.41) is 2.72. The van der Waals surface area contributed by atoms with Gasteiger partial charge in [0.05, 0.1) is 0 Å². The van der Waals surface area contributed by atoms with E-state index in [1.165, 1.54) is 0 Å². The molecule has 8 heteroatoms. The van der Waals surface area contributed by atoms with Crippen LogP contribution in [0.5, 0.6) is 0 Å². The number of carbonyl (C=O) groups is 4. The van der Waals surface area contributed by atoms with Crippen LogP contribution in [0.1, 0.15) is 51.9 Å². The highest BCUT2D eigenvalue weighted by Gasteiger charge is 2.52. The molecule has 3 aliphatic rings. The number of nitrogens with one attached hydrogen (secondary N) is 1. The average Bonchev–Trinajstić information content (AvgIpc) is 3.26. The minimum atomic E-state index is -0.838. The first-order valence-corrected chi connectivity index (χ1v) is 9.52. The van der Waals surface area contributed by atoms with E-state index in [0.717, 1.165) is 37.0 Å². The molecule has 0 aromatic carbocycles. The molecule has 0 bridgehead atoms. The zero-order valence-electron chi connectivity index (χ0n) is 15.3. The Morgan fingerprint density at radius 1 is 1.27 bits per heavy atom. The van der Waals surface area contributed by atoms with Gasteiger partial charge in [0.25, 0.3) is 11.8 Å². The van der Waals surface area contributed by atoms with Crippen molar-refractivity contribution in [1.29, 1.82) is 0 Å². The Labute approximate surface area is 153 Å². The number of nitrogens with zero attached hydrogens (tertiary/aromatic N) is 2. The predicted molar refractivity (Wildman–Crippen MR) is 92.0 cm³/mol. The first kappa shape index (κ1) is 18.7. The van der Waals surface area contributed by atoms with Gasteiger partial charge < -0.3 is 15.0 Å². The van der Waals surface area contributed by atoms with E-state index in [4.69, 9.17) is 4.74 Å². The highest BCUT2D eigenvalue weighted by molar-refractivity contribution is 6.08. The van der Waals surface area contributed by atoms with Gasteiger partial charge in [-0.15, -0.1) is 0 Å². The second-order valence-electron chi connectivity index (χ2n) is 7.55. The molecule has 1 heterocycles. The van der Waals surface area contributed by atoms with Gasteiger partial charge in [-0.25, -0.2) is 4.79 Å². The summed E-state index contributed by atoms with van der Waals surface area (Å²) < 4.78 is 5.04. The zero-order chi connectivity index (χ0) is 18.7. The molecule has 0 aromatic rings. The van der Waals surface area contributed by atoms with E-state index < -0.39 is 24.1 Å². The first-order chi connectivity index (χ1) is 12.4. The number of carbonyl (C=O) groups excluding carboxylic acids is 4. The normalized spacial score (nSPS) is 21.2. The van der Waals surface area contributed by atoms with Gasteiger partial charge >= 0.3 is 12.0 Å². The molecule has 2 aliphatic carbocycles. The number of amides is 4. The summed E-state index contributed by atoms with van der Waals surface area (Å²) in [6, 6.07) is -0.554. The molecule has 8 nitrogen and oxygen atoms in total. The lowest BCUT2D eigenvalue weighted by atomic mass is 9.98. The number of hydrogen-bond acceptors (Lipinski definition) is 5. The lowest BCUT2D eigenvalue weighted by molar-refractivity contribution is -0.154. The van der Waals surface area contributed by atoms with Crippen molar-refractivity contribution in [3.63, 3.8) is 0 Å². The van der Waals surface area contributed by atoms with Crippen LogP contribution < -0.4 is 5.32 Å². The van der Waals surface area contributed by atoms with Gasteiger partial charge in [0.1, 0.15) is 12.1 Å². The van der Waals surface area contributed by atoms with Crippen LogP contribution in [0.3, 0.4) is 0 Å². The average molecular weight is 365 g/mol. The number of rotatable bonds is 8. The van der Waals surface area contributed by atoms with E-state index in [1.54, 1.807) is 4.90 Å². The number of esters is 1. The second kappa shape index (κ2) is 7.63. The minimum absolute atomic E-state index is 0.225. The molecule has 1 spiro atoms. The topological polar surface area (TPSA) is 96.0 Å². The van der Waals surface area contributed by atoms with Crippen molar-refractivity contribution >= 4 is 23.8 Å². The van der Waals surface area contributed by atoms with Crippen LogP contribution in [-0.2, 0) is 19.1 Å². The number of hydrogen-bond donors (Lipinski definition) is 1.